The van der Waals surface area contributed by atoms with Crippen molar-refractivity contribution >= 4 is 11.6 Å². The van der Waals surface area contributed by atoms with E-state index in [1.54, 1.807) is 7.11 Å². The van der Waals surface area contributed by atoms with Gasteiger partial charge in [-0.25, -0.2) is 0 Å². The molecule has 0 atom stereocenters. The average Bonchev–Trinajstić information content (AvgIpc) is 2.64. The van der Waals surface area contributed by atoms with Gasteiger partial charge < -0.3 is 19.9 Å². The van der Waals surface area contributed by atoms with Crippen molar-refractivity contribution in [2.45, 2.75) is 39.3 Å². The highest BCUT2D eigenvalue weighted by molar-refractivity contribution is 6.32. The van der Waals surface area contributed by atoms with Crippen LogP contribution in [0.2, 0.25) is 5.02 Å². The lowest BCUT2D eigenvalue weighted by molar-refractivity contribution is 0.282. The van der Waals surface area contributed by atoms with E-state index in [2.05, 4.69) is 24.4 Å². The van der Waals surface area contributed by atoms with Crippen molar-refractivity contribution in [1.82, 2.24) is 5.32 Å². The first-order valence-electron chi connectivity index (χ1n) is 9.00. The van der Waals surface area contributed by atoms with Gasteiger partial charge >= 0.3 is 0 Å². The van der Waals surface area contributed by atoms with Crippen LogP contribution in [0.4, 0.5) is 0 Å². The summed E-state index contributed by atoms with van der Waals surface area (Å²) < 4.78 is 11.4. The van der Waals surface area contributed by atoms with Gasteiger partial charge in [0.05, 0.1) is 12.1 Å². The molecule has 0 radical (unpaired) electrons. The standard InChI is InChI=1S/C21H28ClNO3/c1-16-6-8-17(9-7-16)15-26-21-19(22)12-18(13-20(21)25-2)14-23-10-4-3-5-11-24/h6-9,12-13,23-24H,3-5,10-11,14-15H2,1-2H3. The van der Waals surface area contributed by atoms with Crippen LogP contribution in [0.5, 0.6) is 11.5 Å². The van der Waals surface area contributed by atoms with E-state index in [0.29, 0.717) is 29.7 Å². The number of methoxy groups -OCH3 is 1. The molecule has 0 aliphatic carbocycles. The van der Waals surface area contributed by atoms with Crippen LogP contribution in [0.1, 0.15) is 36.0 Å². The molecular formula is C21H28ClNO3. The molecule has 0 aliphatic rings. The molecule has 5 heteroatoms. The maximum atomic E-state index is 8.78. The van der Waals surface area contributed by atoms with Crippen LogP contribution in [0.15, 0.2) is 36.4 Å². The van der Waals surface area contributed by atoms with Gasteiger partial charge in [-0.1, -0.05) is 41.4 Å². The lowest BCUT2D eigenvalue weighted by atomic mass is 10.1. The number of halogens is 1. The first kappa shape index (κ1) is 20.6. The molecular weight excluding hydrogens is 350 g/mol. The van der Waals surface area contributed by atoms with Crippen molar-refractivity contribution in [3.63, 3.8) is 0 Å². The summed E-state index contributed by atoms with van der Waals surface area (Å²) in [5.74, 6) is 1.21. The maximum absolute atomic E-state index is 8.78. The summed E-state index contributed by atoms with van der Waals surface area (Å²) in [6, 6.07) is 12.1. The van der Waals surface area contributed by atoms with Crippen LogP contribution in [-0.2, 0) is 13.2 Å². The Hall–Kier alpha value is -1.75. The number of nitrogens with one attached hydrogen (secondary N) is 1. The minimum atomic E-state index is 0.261. The summed E-state index contributed by atoms with van der Waals surface area (Å²) in [7, 11) is 1.62. The second-order valence-corrected chi connectivity index (χ2v) is 6.75. The molecule has 0 saturated heterocycles. The lowest BCUT2D eigenvalue weighted by Crippen LogP contribution is -2.15. The molecule has 0 heterocycles. The summed E-state index contributed by atoms with van der Waals surface area (Å²) in [6.45, 7) is 4.39. The molecule has 0 bridgehead atoms. The molecule has 2 rings (SSSR count). The third kappa shape index (κ3) is 6.52. The Morgan fingerprint density at radius 3 is 2.50 bits per heavy atom. The zero-order chi connectivity index (χ0) is 18.8. The van der Waals surface area contributed by atoms with E-state index in [0.717, 1.165) is 36.9 Å². The van der Waals surface area contributed by atoms with Gasteiger partial charge in [-0.3, -0.25) is 0 Å². The molecule has 0 spiro atoms. The molecule has 0 amide bonds. The molecule has 0 unspecified atom stereocenters. The molecule has 4 nitrogen and oxygen atoms in total. The number of rotatable bonds is 11. The van der Waals surface area contributed by atoms with E-state index < -0.39 is 0 Å². The first-order valence-corrected chi connectivity index (χ1v) is 9.38. The number of hydrogen-bond acceptors (Lipinski definition) is 4. The van der Waals surface area contributed by atoms with Crippen molar-refractivity contribution < 1.29 is 14.6 Å². The number of aliphatic hydroxyl groups is 1. The highest BCUT2D eigenvalue weighted by atomic mass is 35.5. The fourth-order valence-corrected chi connectivity index (χ4v) is 2.91. The fourth-order valence-electron chi connectivity index (χ4n) is 2.63. The molecule has 2 N–H and O–H groups in total. The van der Waals surface area contributed by atoms with Crippen molar-refractivity contribution in [1.29, 1.82) is 0 Å². The Balaban J connectivity index is 1.94. The van der Waals surface area contributed by atoms with Crippen LogP contribution in [0, 0.1) is 6.92 Å². The average molecular weight is 378 g/mol. The van der Waals surface area contributed by atoms with Gasteiger partial charge in [-0.15, -0.1) is 0 Å². The van der Waals surface area contributed by atoms with Crippen LogP contribution in [-0.4, -0.2) is 25.4 Å². The Kier molecular flexibility index (Phi) is 8.75. The Morgan fingerprint density at radius 2 is 1.81 bits per heavy atom. The molecule has 142 valence electrons. The fraction of sp³-hybridized carbons (Fsp3) is 0.429. The lowest BCUT2D eigenvalue weighted by Gasteiger charge is -2.15. The zero-order valence-corrected chi connectivity index (χ0v) is 16.3. The largest absolute Gasteiger partial charge is 0.493 e. The van der Waals surface area contributed by atoms with E-state index in [1.807, 2.05) is 24.3 Å². The predicted octanol–water partition coefficient (Wildman–Crippen LogP) is 4.49. The number of aryl methyl sites for hydroxylation is 1. The topological polar surface area (TPSA) is 50.7 Å². The third-order valence-electron chi connectivity index (χ3n) is 4.13. The van der Waals surface area contributed by atoms with Gasteiger partial charge in [-0.2, -0.15) is 0 Å². The summed E-state index contributed by atoms with van der Waals surface area (Å²) in [4.78, 5) is 0. The number of hydrogen-bond donors (Lipinski definition) is 2. The van der Waals surface area contributed by atoms with E-state index >= 15 is 0 Å². The van der Waals surface area contributed by atoms with Gasteiger partial charge in [0.25, 0.3) is 0 Å². The van der Waals surface area contributed by atoms with Crippen LogP contribution < -0.4 is 14.8 Å². The molecule has 0 aliphatic heterocycles. The SMILES string of the molecule is COc1cc(CNCCCCCO)cc(Cl)c1OCc1ccc(C)cc1. The van der Waals surface area contributed by atoms with E-state index in [9.17, 15) is 0 Å². The zero-order valence-electron chi connectivity index (χ0n) is 15.6. The van der Waals surface area contributed by atoms with E-state index in [-0.39, 0.29) is 6.61 Å². The number of unbranched alkanes of at least 4 members (excludes halogenated alkanes) is 2. The normalized spacial score (nSPS) is 10.8. The quantitative estimate of drug-likeness (QED) is 0.566. The summed E-state index contributed by atoms with van der Waals surface area (Å²) >= 11 is 6.43. The molecule has 2 aromatic rings. The number of benzene rings is 2. The highest BCUT2D eigenvalue weighted by Crippen LogP contribution is 2.37. The van der Waals surface area contributed by atoms with Crippen LogP contribution >= 0.6 is 11.6 Å². The van der Waals surface area contributed by atoms with Gasteiger partial charge in [0.1, 0.15) is 6.61 Å². The molecule has 0 saturated carbocycles. The number of aliphatic hydroxyl groups excluding tert-OH is 1. The third-order valence-corrected chi connectivity index (χ3v) is 4.41. The minimum Gasteiger partial charge on any atom is -0.493 e. The van der Waals surface area contributed by atoms with Gasteiger partial charge in [0.2, 0.25) is 0 Å². The highest BCUT2D eigenvalue weighted by Gasteiger charge is 2.12. The maximum Gasteiger partial charge on any atom is 0.180 e. The van der Waals surface area contributed by atoms with Gasteiger partial charge in [-0.05, 0) is 56.0 Å². The Bertz CT molecular complexity index is 674. The predicted molar refractivity (Wildman–Crippen MR) is 106 cm³/mol. The summed E-state index contributed by atoms with van der Waals surface area (Å²) in [5, 5.41) is 12.7. The van der Waals surface area contributed by atoms with Gasteiger partial charge in [0.15, 0.2) is 11.5 Å². The monoisotopic (exact) mass is 377 g/mol. The number of ether oxygens (including phenoxy) is 2. The molecule has 26 heavy (non-hydrogen) atoms. The van der Waals surface area contributed by atoms with Crippen LogP contribution in [0.25, 0.3) is 0 Å². The Labute approximate surface area is 161 Å². The van der Waals surface area contributed by atoms with Crippen molar-refractivity contribution in [3.8, 4) is 11.5 Å². The second-order valence-electron chi connectivity index (χ2n) is 6.34. The molecule has 0 aromatic heterocycles. The molecule has 2 aromatic carbocycles. The molecule has 0 fully saturated rings. The van der Waals surface area contributed by atoms with Crippen molar-refractivity contribution in [3.05, 3.63) is 58.1 Å². The van der Waals surface area contributed by atoms with Crippen LogP contribution in [0.3, 0.4) is 0 Å². The van der Waals surface area contributed by atoms with Crippen molar-refractivity contribution in [2.24, 2.45) is 0 Å². The van der Waals surface area contributed by atoms with E-state index in [4.69, 9.17) is 26.2 Å². The summed E-state index contributed by atoms with van der Waals surface area (Å²) in [5.41, 5.74) is 3.36. The minimum absolute atomic E-state index is 0.261. The second kappa shape index (κ2) is 11.1. The van der Waals surface area contributed by atoms with E-state index in [1.165, 1.54) is 5.56 Å². The van der Waals surface area contributed by atoms with Crippen molar-refractivity contribution in [2.75, 3.05) is 20.3 Å². The summed E-state index contributed by atoms with van der Waals surface area (Å²) in [6.07, 6.45) is 2.93. The first-order chi connectivity index (χ1) is 12.6. The smallest absolute Gasteiger partial charge is 0.180 e. The Morgan fingerprint density at radius 1 is 1.04 bits per heavy atom. The van der Waals surface area contributed by atoms with Gasteiger partial charge in [0, 0.05) is 13.2 Å².